The number of hydrogen-bond donors (Lipinski definition) is 1. The summed E-state index contributed by atoms with van der Waals surface area (Å²) >= 11 is 1.22. The maximum Gasteiger partial charge on any atom is 0.273 e. The van der Waals surface area contributed by atoms with Crippen molar-refractivity contribution in [3.63, 3.8) is 0 Å². The molecule has 0 aliphatic carbocycles. The highest BCUT2D eigenvalue weighted by Gasteiger charge is 2.30. The number of thiophene rings is 1. The summed E-state index contributed by atoms with van der Waals surface area (Å²) in [5, 5.41) is 4.67. The number of aryl methyl sites for hydroxylation is 1. The van der Waals surface area contributed by atoms with Crippen LogP contribution in [0.2, 0.25) is 0 Å². The summed E-state index contributed by atoms with van der Waals surface area (Å²) in [6, 6.07) is 15.7. The minimum Gasteiger partial charge on any atom is -0.491 e. The van der Waals surface area contributed by atoms with Crippen LogP contribution < -0.4 is 14.4 Å². The topological polar surface area (TPSA) is 75.7 Å². The van der Waals surface area contributed by atoms with Crippen molar-refractivity contribution < 1.29 is 17.9 Å². The maximum atomic E-state index is 13.0. The van der Waals surface area contributed by atoms with Gasteiger partial charge in [0, 0.05) is 17.8 Å². The minimum atomic E-state index is -3.57. The highest BCUT2D eigenvalue weighted by molar-refractivity contribution is 7.94. The van der Waals surface area contributed by atoms with Gasteiger partial charge in [-0.3, -0.25) is 9.10 Å². The quantitative estimate of drug-likeness (QED) is 0.571. The molecule has 0 spiro atoms. The van der Waals surface area contributed by atoms with Crippen molar-refractivity contribution in [1.29, 1.82) is 0 Å². The summed E-state index contributed by atoms with van der Waals surface area (Å²) in [6.45, 7) is 4.34. The summed E-state index contributed by atoms with van der Waals surface area (Å²) in [5.41, 5.74) is 2.75. The molecule has 162 valence electrons. The summed E-state index contributed by atoms with van der Waals surface area (Å²) in [5.74, 6) is 0.488. The molecule has 2 aromatic carbocycles. The predicted octanol–water partition coefficient (Wildman–Crippen LogP) is 4.93. The second kappa shape index (κ2) is 8.72. The van der Waals surface area contributed by atoms with Gasteiger partial charge >= 0.3 is 0 Å². The number of carbonyl (C=O) groups excluding carboxylic acids is 1. The number of ether oxygens (including phenoxy) is 1. The molecule has 3 aromatic rings. The Morgan fingerprint density at radius 2 is 1.90 bits per heavy atom. The van der Waals surface area contributed by atoms with Crippen molar-refractivity contribution in [3.8, 4) is 5.75 Å². The Morgan fingerprint density at radius 3 is 2.58 bits per heavy atom. The zero-order valence-corrected chi connectivity index (χ0v) is 19.0. The molecule has 0 unspecified atom stereocenters. The number of anilines is 2. The lowest BCUT2D eigenvalue weighted by atomic mass is 10.0. The van der Waals surface area contributed by atoms with Crippen LogP contribution in [-0.2, 0) is 16.4 Å². The molecule has 0 fully saturated rings. The fourth-order valence-electron chi connectivity index (χ4n) is 3.57. The van der Waals surface area contributed by atoms with E-state index in [1.807, 2.05) is 19.9 Å². The van der Waals surface area contributed by atoms with E-state index >= 15 is 0 Å². The molecule has 1 aliphatic heterocycles. The van der Waals surface area contributed by atoms with Gasteiger partial charge in [0.05, 0.1) is 11.8 Å². The third-order valence-electron chi connectivity index (χ3n) is 4.94. The van der Waals surface area contributed by atoms with Gasteiger partial charge in [-0.25, -0.2) is 8.42 Å². The molecule has 1 amide bonds. The highest BCUT2D eigenvalue weighted by Crippen LogP contribution is 2.35. The third kappa shape index (κ3) is 4.60. The van der Waals surface area contributed by atoms with Crippen LogP contribution in [0.4, 0.5) is 11.4 Å². The molecule has 1 N–H and O–H groups in total. The molecule has 0 saturated carbocycles. The maximum absolute atomic E-state index is 13.0. The largest absolute Gasteiger partial charge is 0.491 e. The Balaban J connectivity index is 1.52. The van der Waals surface area contributed by atoms with Crippen molar-refractivity contribution in [2.75, 3.05) is 16.2 Å². The van der Waals surface area contributed by atoms with Gasteiger partial charge < -0.3 is 10.1 Å². The fourth-order valence-corrected chi connectivity index (χ4v) is 6.21. The van der Waals surface area contributed by atoms with E-state index in [0.717, 1.165) is 18.4 Å². The second-order valence-electron chi connectivity index (χ2n) is 7.60. The van der Waals surface area contributed by atoms with Crippen LogP contribution in [0, 0.1) is 0 Å². The number of nitrogens with one attached hydrogen (secondary N) is 1. The van der Waals surface area contributed by atoms with Gasteiger partial charge in [0.25, 0.3) is 15.9 Å². The van der Waals surface area contributed by atoms with Gasteiger partial charge in [-0.2, -0.15) is 0 Å². The monoisotopic (exact) mass is 456 g/mol. The number of sulfonamides is 1. The Bertz CT molecular complexity index is 1170. The first-order valence-corrected chi connectivity index (χ1v) is 12.4. The molecule has 0 radical (unpaired) electrons. The lowest BCUT2D eigenvalue weighted by Gasteiger charge is -2.30. The van der Waals surface area contributed by atoms with Crippen LogP contribution in [0.15, 0.2) is 64.2 Å². The number of nitrogens with zero attached hydrogens (tertiary/aromatic N) is 1. The van der Waals surface area contributed by atoms with Gasteiger partial charge in [-0.1, -0.05) is 6.07 Å². The molecule has 0 bridgehead atoms. The lowest BCUT2D eigenvalue weighted by Crippen LogP contribution is -2.35. The van der Waals surface area contributed by atoms with Crippen molar-refractivity contribution >= 4 is 38.6 Å². The van der Waals surface area contributed by atoms with Crippen LogP contribution >= 0.6 is 11.3 Å². The molecule has 6 nitrogen and oxygen atoms in total. The Hall–Kier alpha value is -2.84. The smallest absolute Gasteiger partial charge is 0.273 e. The van der Waals surface area contributed by atoms with Gasteiger partial charge in [-0.05, 0) is 86.2 Å². The average Bonchev–Trinajstić information content (AvgIpc) is 3.29. The van der Waals surface area contributed by atoms with Crippen molar-refractivity contribution in [1.82, 2.24) is 0 Å². The number of amides is 1. The third-order valence-corrected chi connectivity index (χ3v) is 8.13. The summed E-state index contributed by atoms with van der Waals surface area (Å²) < 4.78 is 33.4. The number of fused-ring (bicyclic) bond motifs is 1. The highest BCUT2D eigenvalue weighted by atomic mass is 32.2. The van der Waals surface area contributed by atoms with Crippen LogP contribution in [0.25, 0.3) is 0 Å². The first-order valence-electron chi connectivity index (χ1n) is 10.1. The lowest BCUT2D eigenvalue weighted by molar-refractivity contribution is 0.102. The number of benzene rings is 2. The van der Waals surface area contributed by atoms with E-state index in [9.17, 15) is 13.2 Å². The molecular weight excluding hydrogens is 432 g/mol. The first-order chi connectivity index (χ1) is 14.8. The van der Waals surface area contributed by atoms with E-state index in [2.05, 4.69) is 5.32 Å². The molecule has 0 saturated heterocycles. The van der Waals surface area contributed by atoms with E-state index in [1.54, 1.807) is 53.9 Å². The summed E-state index contributed by atoms with van der Waals surface area (Å²) in [4.78, 5) is 12.6. The molecule has 2 heterocycles. The van der Waals surface area contributed by atoms with E-state index in [-0.39, 0.29) is 12.0 Å². The van der Waals surface area contributed by atoms with Gasteiger partial charge in [-0.15, -0.1) is 11.3 Å². The van der Waals surface area contributed by atoms with Crippen molar-refractivity contribution in [2.24, 2.45) is 0 Å². The summed E-state index contributed by atoms with van der Waals surface area (Å²) in [7, 11) is -3.57. The minimum absolute atomic E-state index is 0.0679. The number of rotatable bonds is 6. The SMILES string of the molecule is CC(C)Oc1ccc(C(=O)Nc2ccc3c(c2)CCCN3S(=O)(=O)c2cccs2)cc1. The van der Waals surface area contributed by atoms with E-state index < -0.39 is 10.0 Å². The molecule has 0 atom stereocenters. The standard InChI is InChI=1S/C23H24N2O4S2/c1-16(2)29-20-10-7-17(8-11-20)23(26)24-19-9-12-21-18(15-19)5-3-13-25(21)31(27,28)22-6-4-14-30-22/h4,6-12,14-16H,3,5,13H2,1-2H3,(H,24,26). The van der Waals surface area contributed by atoms with E-state index in [1.165, 1.54) is 15.6 Å². The Morgan fingerprint density at radius 1 is 1.13 bits per heavy atom. The number of carbonyl (C=O) groups is 1. The van der Waals surface area contributed by atoms with E-state index in [0.29, 0.717) is 33.4 Å². The molecule has 4 rings (SSSR count). The van der Waals surface area contributed by atoms with Crippen molar-refractivity contribution in [2.45, 2.75) is 37.0 Å². The zero-order chi connectivity index (χ0) is 22.0. The molecule has 31 heavy (non-hydrogen) atoms. The fraction of sp³-hybridized carbons (Fsp3) is 0.261. The van der Waals surface area contributed by atoms with Gasteiger partial charge in [0.1, 0.15) is 9.96 Å². The molecule has 8 heteroatoms. The second-order valence-corrected chi connectivity index (χ2v) is 10.6. The van der Waals surface area contributed by atoms with E-state index in [4.69, 9.17) is 4.74 Å². The molecule has 1 aliphatic rings. The Labute approximate surface area is 186 Å². The molecular formula is C23H24N2O4S2. The van der Waals surface area contributed by atoms with Gasteiger partial charge in [0.15, 0.2) is 0 Å². The Kier molecular flexibility index (Phi) is 6.02. The summed E-state index contributed by atoms with van der Waals surface area (Å²) in [6.07, 6.45) is 1.56. The average molecular weight is 457 g/mol. The predicted molar refractivity (Wildman–Crippen MR) is 124 cm³/mol. The first kappa shape index (κ1) is 21.4. The van der Waals surface area contributed by atoms with Gasteiger partial charge in [0.2, 0.25) is 0 Å². The van der Waals surface area contributed by atoms with Crippen LogP contribution in [-0.4, -0.2) is 27.0 Å². The van der Waals surface area contributed by atoms with Crippen LogP contribution in [0.1, 0.15) is 36.2 Å². The molecule has 1 aromatic heterocycles. The number of hydrogen-bond acceptors (Lipinski definition) is 5. The van der Waals surface area contributed by atoms with Crippen LogP contribution in [0.3, 0.4) is 0 Å². The zero-order valence-electron chi connectivity index (χ0n) is 17.4. The van der Waals surface area contributed by atoms with Crippen molar-refractivity contribution in [3.05, 3.63) is 71.1 Å². The normalized spacial score (nSPS) is 13.7. The van der Waals surface area contributed by atoms with Crippen LogP contribution in [0.5, 0.6) is 5.75 Å².